The molecule has 2 rings (SSSR count). The minimum Gasteiger partial charge on any atom is -0.326 e. The first-order valence-electron chi connectivity index (χ1n) is 6.91. The molecule has 0 aliphatic carbocycles. The van der Waals surface area contributed by atoms with Crippen molar-refractivity contribution in [1.82, 2.24) is 20.2 Å². The van der Waals surface area contributed by atoms with Gasteiger partial charge in [0.1, 0.15) is 6.07 Å². The Morgan fingerprint density at radius 2 is 2.30 bits per heavy atom. The molecule has 1 amide bonds. The minimum atomic E-state index is -0.137. The smallest absolute Gasteiger partial charge is 0.225 e. The van der Waals surface area contributed by atoms with Crippen LogP contribution in [-0.2, 0) is 4.79 Å². The van der Waals surface area contributed by atoms with Crippen LogP contribution in [0.15, 0.2) is 23.4 Å². The van der Waals surface area contributed by atoms with Gasteiger partial charge >= 0.3 is 0 Å². The second-order valence-corrected chi connectivity index (χ2v) is 6.42. The van der Waals surface area contributed by atoms with Gasteiger partial charge in [0.25, 0.3) is 0 Å². The number of carbonyl (C=O) groups is 1. The number of thioether (sulfide) groups is 1. The van der Waals surface area contributed by atoms with E-state index in [0.717, 1.165) is 0 Å². The number of carbonyl (C=O) groups excluding carboxylic acids is 1. The summed E-state index contributed by atoms with van der Waals surface area (Å²) in [7, 11) is 0. The summed E-state index contributed by atoms with van der Waals surface area (Å²) in [6, 6.07) is 6.92. The van der Waals surface area contributed by atoms with Crippen molar-refractivity contribution in [2.24, 2.45) is 0 Å². The van der Waals surface area contributed by atoms with E-state index in [2.05, 4.69) is 20.8 Å². The average Bonchev–Trinajstić information content (AvgIpc) is 2.96. The predicted molar refractivity (Wildman–Crippen MR) is 88.3 cm³/mol. The lowest BCUT2D eigenvalue weighted by atomic mass is 10.2. The van der Waals surface area contributed by atoms with Crippen LogP contribution in [0.1, 0.15) is 31.9 Å². The zero-order valence-electron chi connectivity index (χ0n) is 12.7. The second-order valence-electron chi connectivity index (χ2n) is 4.95. The molecular weight excluding hydrogens is 336 g/mol. The average molecular weight is 351 g/mol. The van der Waals surface area contributed by atoms with E-state index < -0.39 is 0 Å². The van der Waals surface area contributed by atoms with Crippen molar-refractivity contribution in [2.45, 2.75) is 31.5 Å². The molecule has 0 aliphatic heterocycles. The second kappa shape index (κ2) is 7.94. The van der Waals surface area contributed by atoms with Gasteiger partial charge in [0, 0.05) is 17.9 Å². The van der Waals surface area contributed by atoms with Crippen molar-refractivity contribution in [1.29, 1.82) is 5.26 Å². The molecule has 1 heterocycles. The molecule has 0 saturated heterocycles. The summed E-state index contributed by atoms with van der Waals surface area (Å²) in [5, 5.41) is 24.0. The number of nitrogens with one attached hydrogen (secondary N) is 1. The Balaban J connectivity index is 1.85. The van der Waals surface area contributed by atoms with Gasteiger partial charge in [-0.1, -0.05) is 23.4 Å². The Morgan fingerprint density at radius 3 is 2.96 bits per heavy atom. The van der Waals surface area contributed by atoms with Crippen molar-refractivity contribution >= 4 is 35.0 Å². The van der Waals surface area contributed by atoms with Gasteiger partial charge in [0.2, 0.25) is 11.1 Å². The highest BCUT2D eigenvalue weighted by Gasteiger charge is 2.11. The van der Waals surface area contributed by atoms with Crippen molar-refractivity contribution in [3.05, 3.63) is 28.8 Å². The highest BCUT2D eigenvalue weighted by Crippen LogP contribution is 2.21. The van der Waals surface area contributed by atoms with Gasteiger partial charge in [-0.25, -0.2) is 4.68 Å². The van der Waals surface area contributed by atoms with E-state index in [0.29, 0.717) is 33.6 Å². The van der Waals surface area contributed by atoms with E-state index >= 15 is 0 Å². The number of tetrazole rings is 1. The van der Waals surface area contributed by atoms with Gasteiger partial charge in [0.05, 0.1) is 16.6 Å². The number of amides is 1. The fourth-order valence-electron chi connectivity index (χ4n) is 1.75. The largest absolute Gasteiger partial charge is 0.326 e. The Labute approximate surface area is 143 Å². The first kappa shape index (κ1) is 17.2. The third-order valence-electron chi connectivity index (χ3n) is 2.89. The van der Waals surface area contributed by atoms with Gasteiger partial charge in [-0.3, -0.25) is 4.79 Å². The Hall–Kier alpha value is -2.11. The van der Waals surface area contributed by atoms with Gasteiger partial charge in [-0.05, 0) is 42.5 Å². The van der Waals surface area contributed by atoms with E-state index in [-0.39, 0.29) is 11.9 Å². The first-order chi connectivity index (χ1) is 11.0. The van der Waals surface area contributed by atoms with Gasteiger partial charge in [-0.2, -0.15) is 5.26 Å². The molecule has 9 heteroatoms. The molecule has 7 nitrogen and oxygen atoms in total. The van der Waals surface area contributed by atoms with Crippen molar-refractivity contribution in [3.63, 3.8) is 0 Å². The van der Waals surface area contributed by atoms with Crippen molar-refractivity contribution in [3.8, 4) is 6.07 Å². The Bertz CT molecular complexity index is 739. The number of nitriles is 1. The maximum Gasteiger partial charge on any atom is 0.225 e. The third-order valence-corrected chi connectivity index (χ3v) is 4.13. The molecule has 0 radical (unpaired) electrons. The summed E-state index contributed by atoms with van der Waals surface area (Å²) < 4.78 is 1.71. The van der Waals surface area contributed by atoms with E-state index in [1.165, 1.54) is 11.8 Å². The summed E-state index contributed by atoms with van der Waals surface area (Å²) >= 11 is 7.36. The van der Waals surface area contributed by atoms with E-state index in [1.54, 1.807) is 22.9 Å². The summed E-state index contributed by atoms with van der Waals surface area (Å²) in [6.07, 6.45) is 0.313. The van der Waals surface area contributed by atoms with Crippen LogP contribution in [0.5, 0.6) is 0 Å². The standard InChI is InChI=1S/C14H15ClN6OS/c1-9(2)21-14(18-19-20-21)23-6-5-13(22)17-11-4-3-10(8-16)12(15)7-11/h3-4,7,9H,5-6H2,1-2H3,(H,17,22). The summed E-state index contributed by atoms with van der Waals surface area (Å²) in [5.74, 6) is 0.421. The maximum absolute atomic E-state index is 11.9. The lowest BCUT2D eigenvalue weighted by molar-refractivity contribution is -0.115. The van der Waals surface area contributed by atoms with Gasteiger partial charge < -0.3 is 5.32 Å². The Kier molecular flexibility index (Phi) is 5.96. The van der Waals surface area contributed by atoms with Crippen LogP contribution in [0.3, 0.4) is 0 Å². The number of nitrogens with zero attached hydrogens (tertiary/aromatic N) is 5. The molecule has 1 N–H and O–H groups in total. The molecule has 23 heavy (non-hydrogen) atoms. The fraction of sp³-hybridized carbons (Fsp3) is 0.357. The van der Waals surface area contributed by atoms with Crippen LogP contribution < -0.4 is 5.32 Å². The SMILES string of the molecule is CC(C)n1nnnc1SCCC(=O)Nc1ccc(C#N)c(Cl)c1. The highest BCUT2D eigenvalue weighted by atomic mass is 35.5. The molecule has 0 atom stereocenters. The molecule has 120 valence electrons. The molecule has 2 aromatic rings. The van der Waals surface area contributed by atoms with Gasteiger partial charge in [-0.15, -0.1) is 5.10 Å². The summed E-state index contributed by atoms with van der Waals surface area (Å²) in [6.45, 7) is 3.98. The zero-order valence-corrected chi connectivity index (χ0v) is 14.2. The van der Waals surface area contributed by atoms with Crippen LogP contribution in [0.25, 0.3) is 0 Å². The number of anilines is 1. The lowest BCUT2D eigenvalue weighted by Crippen LogP contribution is -2.12. The monoisotopic (exact) mass is 350 g/mol. The molecule has 0 fully saturated rings. The molecule has 0 unspecified atom stereocenters. The number of rotatable bonds is 6. The first-order valence-corrected chi connectivity index (χ1v) is 8.27. The van der Waals surface area contributed by atoms with Crippen LogP contribution >= 0.6 is 23.4 Å². The molecular formula is C14H15ClN6OS. The number of benzene rings is 1. The van der Waals surface area contributed by atoms with E-state index in [4.69, 9.17) is 16.9 Å². The maximum atomic E-state index is 11.9. The molecule has 0 spiro atoms. The van der Waals surface area contributed by atoms with Crippen LogP contribution in [-0.4, -0.2) is 31.9 Å². The molecule has 1 aromatic carbocycles. The van der Waals surface area contributed by atoms with Gasteiger partial charge in [0.15, 0.2) is 0 Å². The van der Waals surface area contributed by atoms with Crippen LogP contribution in [0.2, 0.25) is 5.02 Å². The van der Waals surface area contributed by atoms with Crippen LogP contribution in [0.4, 0.5) is 5.69 Å². The topological polar surface area (TPSA) is 96.5 Å². The van der Waals surface area contributed by atoms with Crippen molar-refractivity contribution in [2.75, 3.05) is 11.1 Å². The lowest BCUT2D eigenvalue weighted by Gasteiger charge is -2.08. The predicted octanol–water partition coefficient (Wildman–Crippen LogP) is 2.90. The molecule has 0 saturated carbocycles. The normalized spacial score (nSPS) is 10.6. The highest BCUT2D eigenvalue weighted by molar-refractivity contribution is 7.99. The zero-order chi connectivity index (χ0) is 16.8. The van der Waals surface area contributed by atoms with Crippen LogP contribution in [0, 0.1) is 11.3 Å². The summed E-state index contributed by atoms with van der Waals surface area (Å²) in [4.78, 5) is 11.9. The molecule has 0 aliphatic rings. The quantitative estimate of drug-likeness (QED) is 0.804. The summed E-state index contributed by atoms with van der Waals surface area (Å²) in [5.41, 5.74) is 0.941. The van der Waals surface area contributed by atoms with E-state index in [1.807, 2.05) is 19.9 Å². The number of hydrogen-bond donors (Lipinski definition) is 1. The molecule has 0 bridgehead atoms. The number of aromatic nitrogens is 4. The number of halogens is 1. The third kappa shape index (κ3) is 4.68. The Morgan fingerprint density at radius 1 is 1.52 bits per heavy atom. The van der Waals surface area contributed by atoms with Crippen molar-refractivity contribution < 1.29 is 4.79 Å². The fourth-order valence-corrected chi connectivity index (χ4v) is 2.91. The number of hydrogen-bond acceptors (Lipinski definition) is 6. The minimum absolute atomic E-state index is 0.137. The van der Waals surface area contributed by atoms with E-state index in [9.17, 15) is 4.79 Å². The molecule has 1 aromatic heterocycles.